The lowest BCUT2D eigenvalue weighted by Gasteiger charge is -2.27. The molecular weight excluding hydrogens is 459 g/mol. The average molecular weight is 488 g/mol. The maximum Gasteiger partial charge on any atom is 0.231 e. The third-order valence-corrected chi connectivity index (χ3v) is 4.91. The van der Waals surface area contributed by atoms with Crippen molar-refractivity contribution in [2.75, 3.05) is 26.9 Å². The van der Waals surface area contributed by atoms with E-state index >= 15 is 0 Å². The molecule has 0 aliphatic carbocycles. The lowest BCUT2D eigenvalue weighted by molar-refractivity contribution is -0.129. The van der Waals surface area contributed by atoms with Crippen LogP contribution in [0.2, 0.25) is 0 Å². The summed E-state index contributed by atoms with van der Waals surface area (Å²) in [6, 6.07) is 6.23. The van der Waals surface area contributed by atoms with E-state index in [9.17, 15) is 4.79 Å². The summed E-state index contributed by atoms with van der Waals surface area (Å²) in [4.78, 5) is 18.2. The Morgan fingerprint density at radius 3 is 2.81 bits per heavy atom. The summed E-state index contributed by atoms with van der Waals surface area (Å²) in [5.74, 6) is 2.62. The highest BCUT2D eigenvalue weighted by Crippen LogP contribution is 2.32. The van der Waals surface area contributed by atoms with Crippen LogP contribution in [0, 0.1) is 0 Å². The number of hydrogen-bond donors (Lipinski definition) is 2. The van der Waals surface area contributed by atoms with Crippen molar-refractivity contribution in [2.24, 2.45) is 4.99 Å². The molecule has 3 rings (SSSR count). The number of nitrogens with zero attached hydrogens (tertiary/aromatic N) is 2. The fourth-order valence-electron chi connectivity index (χ4n) is 3.45. The van der Waals surface area contributed by atoms with Crippen LogP contribution in [-0.4, -0.2) is 49.7 Å². The molecule has 1 aromatic rings. The van der Waals surface area contributed by atoms with Gasteiger partial charge in [-0.15, -0.1) is 24.0 Å². The van der Waals surface area contributed by atoms with Crippen molar-refractivity contribution >= 4 is 35.8 Å². The molecule has 1 aromatic carbocycles. The number of ether oxygens (including phenoxy) is 2. The number of nitrogens with one attached hydrogen (secondary N) is 2. The second-order valence-corrected chi connectivity index (χ2v) is 6.58. The minimum Gasteiger partial charge on any atom is -0.454 e. The van der Waals surface area contributed by atoms with Gasteiger partial charge < -0.3 is 25.0 Å². The first kappa shape index (κ1) is 21.6. The van der Waals surface area contributed by atoms with Gasteiger partial charge in [-0.1, -0.05) is 13.0 Å². The predicted octanol–water partition coefficient (Wildman–Crippen LogP) is 2.49. The molecule has 0 bridgehead atoms. The highest BCUT2D eigenvalue weighted by atomic mass is 127. The van der Waals surface area contributed by atoms with Crippen LogP contribution in [0.3, 0.4) is 0 Å². The Morgan fingerprint density at radius 2 is 2.11 bits per heavy atom. The summed E-state index contributed by atoms with van der Waals surface area (Å²) in [5.41, 5.74) is 1.10. The Kier molecular flexibility index (Phi) is 8.46. The van der Waals surface area contributed by atoms with Gasteiger partial charge in [-0.3, -0.25) is 9.79 Å². The normalized spacial score (nSPS) is 16.9. The van der Waals surface area contributed by atoms with E-state index in [1.165, 1.54) is 0 Å². The zero-order valence-electron chi connectivity index (χ0n) is 16.0. The van der Waals surface area contributed by atoms with Gasteiger partial charge in [-0.25, -0.2) is 0 Å². The molecule has 1 amide bonds. The molecule has 1 unspecified atom stereocenters. The molecule has 150 valence electrons. The molecule has 0 spiro atoms. The Morgan fingerprint density at radius 1 is 1.30 bits per heavy atom. The minimum atomic E-state index is 0. The first-order valence-corrected chi connectivity index (χ1v) is 9.33. The van der Waals surface area contributed by atoms with Crippen LogP contribution in [0.15, 0.2) is 23.2 Å². The van der Waals surface area contributed by atoms with E-state index in [1.807, 2.05) is 23.1 Å². The predicted molar refractivity (Wildman–Crippen MR) is 116 cm³/mol. The number of benzene rings is 1. The lowest BCUT2D eigenvalue weighted by Crippen LogP contribution is -2.41. The van der Waals surface area contributed by atoms with Crippen LogP contribution in [-0.2, 0) is 11.3 Å². The number of likely N-dealkylation sites (tertiary alicyclic amines) is 1. The molecule has 7 nitrogen and oxygen atoms in total. The van der Waals surface area contributed by atoms with Crippen LogP contribution in [0.25, 0.3) is 0 Å². The van der Waals surface area contributed by atoms with Gasteiger partial charge in [-0.2, -0.15) is 0 Å². The smallest absolute Gasteiger partial charge is 0.231 e. The van der Waals surface area contributed by atoms with Crippen LogP contribution in [0.5, 0.6) is 11.5 Å². The summed E-state index contributed by atoms with van der Waals surface area (Å²) in [6.07, 6.45) is 3.59. The maximum absolute atomic E-state index is 11.9. The molecule has 1 fully saturated rings. The fourth-order valence-corrected chi connectivity index (χ4v) is 3.45. The molecule has 0 saturated carbocycles. The number of rotatable bonds is 7. The molecule has 2 aliphatic rings. The zero-order valence-corrected chi connectivity index (χ0v) is 18.3. The molecule has 0 aromatic heterocycles. The van der Waals surface area contributed by atoms with Crippen molar-refractivity contribution < 1.29 is 14.3 Å². The molecule has 8 heteroatoms. The second-order valence-electron chi connectivity index (χ2n) is 6.58. The molecule has 2 heterocycles. The van der Waals surface area contributed by atoms with E-state index in [0.717, 1.165) is 55.4 Å². The van der Waals surface area contributed by atoms with Gasteiger partial charge in [0.2, 0.25) is 12.7 Å². The standard InChI is InChI=1S/C19H28N4O3.HI/c1-3-15(23-10-4-5-18(23)24)8-9-21-19(20-2)22-12-14-6-7-16-17(11-14)26-13-25-16;/h6-7,11,15H,3-5,8-10,12-13H2,1-2H3,(H2,20,21,22);1H. The summed E-state index contributed by atoms with van der Waals surface area (Å²) >= 11 is 0. The summed E-state index contributed by atoms with van der Waals surface area (Å²) in [5, 5.41) is 6.65. The number of guanidine groups is 1. The summed E-state index contributed by atoms with van der Waals surface area (Å²) in [6.45, 7) is 4.76. The molecule has 27 heavy (non-hydrogen) atoms. The van der Waals surface area contributed by atoms with Crippen molar-refractivity contribution in [2.45, 2.75) is 45.2 Å². The summed E-state index contributed by atoms with van der Waals surface area (Å²) in [7, 11) is 1.76. The first-order valence-electron chi connectivity index (χ1n) is 9.33. The van der Waals surface area contributed by atoms with Gasteiger partial charge in [0.25, 0.3) is 0 Å². The average Bonchev–Trinajstić information content (AvgIpc) is 3.29. The summed E-state index contributed by atoms with van der Waals surface area (Å²) < 4.78 is 10.7. The first-order chi connectivity index (χ1) is 12.7. The van der Waals surface area contributed by atoms with Gasteiger partial charge in [0.1, 0.15) is 0 Å². The topological polar surface area (TPSA) is 75.2 Å². The molecule has 2 N–H and O–H groups in total. The zero-order chi connectivity index (χ0) is 18.4. The number of carbonyl (C=O) groups excluding carboxylic acids is 1. The van der Waals surface area contributed by atoms with E-state index in [0.29, 0.717) is 24.9 Å². The number of aliphatic imine (C=N–C) groups is 1. The largest absolute Gasteiger partial charge is 0.454 e. The highest BCUT2D eigenvalue weighted by Gasteiger charge is 2.26. The SMILES string of the molecule is CCC(CCNC(=NC)NCc1ccc2c(c1)OCO2)N1CCCC1=O.I. The Hall–Kier alpha value is -1.71. The van der Waals surface area contributed by atoms with Gasteiger partial charge >= 0.3 is 0 Å². The van der Waals surface area contributed by atoms with Crippen LogP contribution >= 0.6 is 24.0 Å². The number of amides is 1. The van der Waals surface area contributed by atoms with Crippen molar-refractivity contribution in [3.8, 4) is 11.5 Å². The van der Waals surface area contributed by atoms with Crippen molar-refractivity contribution in [3.63, 3.8) is 0 Å². The van der Waals surface area contributed by atoms with Gasteiger partial charge in [0.15, 0.2) is 17.5 Å². The van der Waals surface area contributed by atoms with Gasteiger partial charge in [-0.05, 0) is 37.0 Å². The third kappa shape index (κ3) is 5.63. The van der Waals surface area contributed by atoms with Crippen molar-refractivity contribution in [3.05, 3.63) is 23.8 Å². The van der Waals surface area contributed by atoms with Crippen LogP contribution in [0.4, 0.5) is 0 Å². The Labute approximate surface area is 177 Å². The molecule has 1 atom stereocenters. The highest BCUT2D eigenvalue weighted by molar-refractivity contribution is 14.0. The molecule has 0 radical (unpaired) electrons. The van der Waals surface area contributed by atoms with E-state index in [4.69, 9.17) is 9.47 Å². The fraction of sp³-hybridized carbons (Fsp3) is 0.579. The number of halogens is 1. The van der Waals surface area contributed by atoms with Crippen LogP contribution < -0.4 is 20.1 Å². The Balaban J connectivity index is 0.00000261. The quantitative estimate of drug-likeness (QED) is 0.351. The van der Waals surface area contributed by atoms with E-state index in [1.54, 1.807) is 7.05 Å². The molecular formula is C19H29IN4O3. The molecule has 2 aliphatic heterocycles. The number of carbonyl (C=O) groups is 1. The number of fused-ring (bicyclic) bond motifs is 1. The van der Waals surface area contributed by atoms with Crippen molar-refractivity contribution in [1.29, 1.82) is 0 Å². The monoisotopic (exact) mass is 488 g/mol. The van der Waals surface area contributed by atoms with Gasteiger partial charge in [0.05, 0.1) is 0 Å². The van der Waals surface area contributed by atoms with Gasteiger partial charge in [0, 0.05) is 39.1 Å². The second kappa shape index (κ2) is 10.6. The van der Waals surface area contributed by atoms with Crippen molar-refractivity contribution in [1.82, 2.24) is 15.5 Å². The van der Waals surface area contributed by atoms with Crippen LogP contribution in [0.1, 0.15) is 38.2 Å². The molecule has 1 saturated heterocycles. The minimum absolute atomic E-state index is 0. The van der Waals surface area contributed by atoms with E-state index in [-0.39, 0.29) is 30.8 Å². The third-order valence-electron chi connectivity index (χ3n) is 4.91. The lowest BCUT2D eigenvalue weighted by atomic mass is 10.1. The Bertz CT molecular complexity index is 668. The van der Waals surface area contributed by atoms with E-state index < -0.39 is 0 Å². The maximum atomic E-state index is 11.9. The van der Waals surface area contributed by atoms with E-state index in [2.05, 4.69) is 22.5 Å². The number of hydrogen-bond acceptors (Lipinski definition) is 4.